The van der Waals surface area contributed by atoms with Gasteiger partial charge in [-0.1, -0.05) is 34.1 Å². The molecule has 20 heavy (non-hydrogen) atoms. The van der Waals surface area contributed by atoms with Gasteiger partial charge in [0, 0.05) is 10.0 Å². The van der Waals surface area contributed by atoms with E-state index in [9.17, 15) is 4.79 Å². The van der Waals surface area contributed by atoms with Crippen molar-refractivity contribution in [2.45, 2.75) is 6.92 Å². The monoisotopic (exact) mass is 333 g/mol. The summed E-state index contributed by atoms with van der Waals surface area (Å²) in [7, 11) is 0. The quantitative estimate of drug-likeness (QED) is 0.849. The number of hydrogen-bond donors (Lipinski definition) is 1. The molecular formula is C16H16BrNO2. The van der Waals surface area contributed by atoms with Crippen LogP contribution in [0.4, 0.5) is 0 Å². The van der Waals surface area contributed by atoms with Gasteiger partial charge in [0.05, 0.1) is 6.54 Å². The number of amides is 1. The highest BCUT2D eigenvalue weighted by Crippen LogP contribution is 2.12. The second-order valence-corrected chi connectivity index (χ2v) is 5.35. The number of aryl methyl sites for hydroxylation is 1. The lowest BCUT2D eigenvalue weighted by Crippen LogP contribution is -2.28. The molecule has 0 bridgehead atoms. The van der Waals surface area contributed by atoms with Crippen LogP contribution in [0.3, 0.4) is 0 Å². The molecule has 2 aromatic rings. The molecule has 0 aliphatic heterocycles. The fourth-order valence-corrected chi connectivity index (χ4v) is 2.17. The molecule has 0 aromatic heterocycles. The minimum atomic E-state index is -0.0980. The Balaban J connectivity index is 1.77. The van der Waals surface area contributed by atoms with Crippen LogP contribution in [0.1, 0.15) is 15.9 Å². The first-order chi connectivity index (χ1) is 9.65. The van der Waals surface area contributed by atoms with Crippen LogP contribution < -0.4 is 10.1 Å². The van der Waals surface area contributed by atoms with Gasteiger partial charge in [0.2, 0.25) is 0 Å². The van der Waals surface area contributed by atoms with Gasteiger partial charge in [-0.3, -0.25) is 4.79 Å². The maximum atomic E-state index is 11.9. The van der Waals surface area contributed by atoms with Gasteiger partial charge in [-0.2, -0.15) is 0 Å². The zero-order valence-electron chi connectivity index (χ0n) is 11.2. The van der Waals surface area contributed by atoms with E-state index in [0.717, 1.165) is 15.8 Å². The highest BCUT2D eigenvalue weighted by molar-refractivity contribution is 9.10. The van der Waals surface area contributed by atoms with Gasteiger partial charge < -0.3 is 10.1 Å². The molecule has 0 atom stereocenters. The molecule has 2 rings (SSSR count). The van der Waals surface area contributed by atoms with Crippen molar-refractivity contribution in [2.24, 2.45) is 0 Å². The highest BCUT2D eigenvalue weighted by Gasteiger charge is 2.04. The van der Waals surface area contributed by atoms with Crippen LogP contribution in [0.25, 0.3) is 0 Å². The van der Waals surface area contributed by atoms with Crippen LogP contribution in [0.2, 0.25) is 0 Å². The Bertz CT molecular complexity index is 599. The van der Waals surface area contributed by atoms with Gasteiger partial charge in [-0.25, -0.2) is 0 Å². The first-order valence-corrected chi connectivity index (χ1v) is 7.18. The van der Waals surface area contributed by atoms with E-state index in [-0.39, 0.29) is 5.91 Å². The third kappa shape index (κ3) is 4.38. The maximum absolute atomic E-state index is 11.9. The molecule has 4 heteroatoms. The average Bonchev–Trinajstić information content (AvgIpc) is 2.43. The van der Waals surface area contributed by atoms with E-state index in [1.165, 1.54) is 0 Å². The van der Waals surface area contributed by atoms with Gasteiger partial charge in [0.1, 0.15) is 12.4 Å². The lowest BCUT2D eigenvalue weighted by Gasteiger charge is -2.08. The number of nitrogens with one attached hydrogen (secondary N) is 1. The third-order valence-electron chi connectivity index (χ3n) is 2.73. The molecule has 3 nitrogen and oxygen atoms in total. The van der Waals surface area contributed by atoms with Gasteiger partial charge in [-0.15, -0.1) is 0 Å². The van der Waals surface area contributed by atoms with Crippen LogP contribution in [0.15, 0.2) is 53.0 Å². The minimum Gasteiger partial charge on any atom is -0.492 e. The number of carbonyl (C=O) groups excluding carboxylic acids is 1. The number of carbonyl (C=O) groups is 1. The average molecular weight is 334 g/mol. The normalized spacial score (nSPS) is 10.1. The van der Waals surface area contributed by atoms with Crippen molar-refractivity contribution in [1.29, 1.82) is 0 Å². The Morgan fingerprint density at radius 3 is 2.75 bits per heavy atom. The predicted octanol–water partition coefficient (Wildman–Crippen LogP) is 3.57. The van der Waals surface area contributed by atoms with Crippen LogP contribution in [0.5, 0.6) is 5.75 Å². The van der Waals surface area contributed by atoms with Crippen molar-refractivity contribution in [2.75, 3.05) is 13.2 Å². The van der Waals surface area contributed by atoms with Crippen molar-refractivity contribution in [3.63, 3.8) is 0 Å². The summed E-state index contributed by atoms with van der Waals surface area (Å²) < 4.78 is 6.46. The zero-order chi connectivity index (χ0) is 14.4. The van der Waals surface area contributed by atoms with E-state index in [0.29, 0.717) is 18.7 Å². The van der Waals surface area contributed by atoms with Crippen LogP contribution in [0, 0.1) is 6.92 Å². The Hall–Kier alpha value is -1.81. The topological polar surface area (TPSA) is 38.3 Å². The Kier molecular flexibility index (Phi) is 5.18. The second kappa shape index (κ2) is 7.10. The third-order valence-corrected chi connectivity index (χ3v) is 3.23. The molecule has 0 heterocycles. The molecule has 0 aliphatic rings. The van der Waals surface area contributed by atoms with Crippen molar-refractivity contribution in [1.82, 2.24) is 5.32 Å². The first kappa shape index (κ1) is 14.6. The lowest BCUT2D eigenvalue weighted by molar-refractivity contribution is 0.0947. The van der Waals surface area contributed by atoms with Gasteiger partial charge in [-0.05, 0) is 42.8 Å². The molecule has 0 spiro atoms. The Morgan fingerprint density at radius 1 is 1.20 bits per heavy atom. The number of hydrogen-bond acceptors (Lipinski definition) is 2. The molecular weight excluding hydrogens is 318 g/mol. The molecule has 0 radical (unpaired) electrons. The highest BCUT2D eigenvalue weighted by atomic mass is 79.9. The molecule has 0 fully saturated rings. The summed E-state index contributed by atoms with van der Waals surface area (Å²) in [6.07, 6.45) is 0. The number of ether oxygens (including phenoxy) is 1. The minimum absolute atomic E-state index is 0.0980. The summed E-state index contributed by atoms with van der Waals surface area (Å²) in [6, 6.07) is 15.1. The van der Waals surface area contributed by atoms with Gasteiger partial charge in [0.25, 0.3) is 5.91 Å². The molecule has 0 unspecified atom stereocenters. The number of benzene rings is 2. The van der Waals surface area contributed by atoms with Crippen LogP contribution >= 0.6 is 15.9 Å². The molecule has 104 valence electrons. The van der Waals surface area contributed by atoms with Crippen molar-refractivity contribution >= 4 is 21.8 Å². The Labute approximate surface area is 127 Å². The number of halogens is 1. The summed E-state index contributed by atoms with van der Waals surface area (Å²) in [5.41, 5.74) is 1.79. The standard InChI is InChI=1S/C16H16BrNO2/c1-12-4-2-7-15(10-12)20-9-8-18-16(19)13-5-3-6-14(17)11-13/h2-7,10-11H,8-9H2,1H3,(H,18,19). The maximum Gasteiger partial charge on any atom is 0.251 e. The van der Waals surface area contributed by atoms with Gasteiger partial charge >= 0.3 is 0 Å². The van der Waals surface area contributed by atoms with Crippen LogP contribution in [-0.2, 0) is 0 Å². The van der Waals surface area contributed by atoms with Gasteiger partial charge in [0.15, 0.2) is 0 Å². The van der Waals surface area contributed by atoms with E-state index in [4.69, 9.17) is 4.74 Å². The first-order valence-electron chi connectivity index (χ1n) is 6.38. The molecule has 0 saturated heterocycles. The van der Waals surface area contributed by atoms with E-state index >= 15 is 0 Å². The van der Waals surface area contributed by atoms with E-state index in [1.54, 1.807) is 12.1 Å². The molecule has 1 N–H and O–H groups in total. The summed E-state index contributed by atoms with van der Waals surface area (Å²) in [5.74, 6) is 0.723. The largest absolute Gasteiger partial charge is 0.492 e. The molecule has 1 amide bonds. The molecule has 0 saturated carbocycles. The fourth-order valence-electron chi connectivity index (χ4n) is 1.77. The summed E-state index contributed by atoms with van der Waals surface area (Å²) in [4.78, 5) is 11.9. The molecule has 0 aliphatic carbocycles. The smallest absolute Gasteiger partial charge is 0.251 e. The predicted molar refractivity (Wildman–Crippen MR) is 83.1 cm³/mol. The summed E-state index contributed by atoms with van der Waals surface area (Å²) in [6.45, 7) is 2.93. The fraction of sp³-hybridized carbons (Fsp3) is 0.188. The zero-order valence-corrected chi connectivity index (χ0v) is 12.8. The Morgan fingerprint density at radius 2 is 2.00 bits per heavy atom. The summed E-state index contributed by atoms with van der Waals surface area (Å²) in [5, 5.41) is 2.83. The van der Waals surface area contributed by atoms with E-state index in [2.05, 4.69) is 21.2 Å². The number of rotatable bonds is 5. The van der Waals surface area contributed by atoms with Crippen molar-refractivity contribution in [3.8, 4) is 5.75 Å². The summed E-state index contributed by atoms with van der Waals surface area (Å²) >= 11 is 3.34. The van der Waals surface area contributed by atoms with Crippen molar-refractivity contribution < 1.29 is 9.53 Å². The van der Waals surface area contributed by atoms with Crippen molar-refractivity contribution in [3.05, 3.63) is 64.1 Å². The van der Waals surface area contributed by atoms with E-state index < -0.39 is 0 Å². The molecule has 2 aromatic carbocycles. The SMILES string of the molecule is Cc1cccc(OCCNC(=O)c2cccc(Br)c2)c1. The lowest BCUT2D eigenvalue weighted by atomic mass is 10.2. The van der Waals surface area contributed by atoms with E-state index in [1.807, 2.05) is 43.3 Å². The second-order valence-electron chi connectivity index (χ2n) is 4.43. The van der Waals surface area contributed by atoms with Crippen LogP contribution in [-0.4, -0.2) is 19.1 Å².